The zero-order valence-corrected chi connectivity index (χ0v) is 21.0. The van der Waals surface area contributed by atoms with E-state index >= 15 is 0 Å². The molecule has 206 valence electrons. The average Bonchev–Trinajstić information content (AvgIpc) is 3.58. The van der Waals surface area contributed by atoms with Crippen molar-refractivity contribution < 1.29 is 32.2 Å². The second-order valence-corrected chi connectivity index (χ2v) is 10.9. The van der Waals surface area contributed by atoms with Gasteiger partial charge < -0.3 is 20.5 Å². The molecular formula is C27H28F3N5O4. The molecule has 39 heavy (non-hydrogen) atoms. The summed E-state index contributed by atoms with van der Waals surface area (Å²) in [7, 11) is 0. The summed E-state index contributed by atoms with van der Waals surface area (Å²) in [4.78, 5) is 28.8. The third kappa shape index (κ3) is 5.11. The standard InChI is InChI=1S/C27H28F3N5O4/c28-27(29,30)7-9-38-21-6-5-20-19(14-33-35(20)22(21)15-3-4-15)24(37)34-16-10-26(11-16)12-17(13-26)39-25-18(23(31)36)2-1-8-32-25/h1-2,5-6,8,14-17H,3-4,7,9-13H2,(H2,31,36)(H,34,37). The van der Waals surface area contributed by atoms with Crippen molar-refractivity contribution in [3.8, 4) is 11.6 Å². The number of carbonyl (C=O) groups is 2. The van der Waals surface area contributed by atoms with E-state index in [1.807, 2.05) is 0 Å². The minimum absolute atomic E-state index is 0.0253. The van der Waals surface area contributed by atoms with Crippen LogP contribution in [0.15, 0.2) is 36.7 Å². The van der Waals surface area contributed by atoms with E-state index in [1.54, 1.807) is 35.0 Å². The molecule has 0 atom stereocenters. The Kier molecular flexibility index (Phi) is 6.15. The third-order valence-corrected chi connectivity index (χ3v) is 7.86. The number of ether oxygens (including phenoxy) is 2. The first-order chi connectivity index (χ1) is 18.6. The van der Waals surface area contributed by atoms with Crippen molar-refractivity contribution in [2.24, 2.45) is 11.1 Å². The Hall–Kier alpha value is -3.83. The van der Waals surface area contributed by atoms with Crippen LogP contribution in [0.25, 0.3) is 5.52 Å². The molecular weight excluding hydrogens is 515 g/mol. The smallest absolute Gasteiger partial charge is 0.392 e. The number of nitrogens with zero attached hydrogens (tertiary/aromatic N) is 3. The number of pyridine rings is 2. The van der Waals surface area contributed by atoms with Crippen LogP contribution in [0.3, 0.4) is 0 Å². The fraction of sp³-hybridized carbons (Fsp3) is 0.481. The van der Waals surface area contributed by atoms with E-state index in [9.17, 15) is 22.8 Å². The topological polar surface area (TPSA) is 121 Å². The Balaban J connectivity index is 1.06. The maximum atomic E-state index is 13.1. The maximum Gasteiger partial charge on any atom is 0.392 e. The first-order valence-electron chi connectivity index (χ1n) is 13.0. The van der Waals surface area contributed by atoms with Crippen molar-refractivity contribution in [3.63, 3.8) is 0 Å². The predicted molar refractivity (Wildman–Crippen MR) is 133 cm³/mol. The number of aromatic nitrogens is 3. The molecule has 3 aromatic heterocycles. The minimum Gasteiger partial charge on any atom is -0.491 e. The highest BCUT2D eigenvalue weighted by Crippen LogP contribution is 2.57. The van der Waals surface area contributed by atoms with Crippen LogP contribution in [-0.4, -0.2) is 51.3 Å². The molecule has 3 heterocycles. The van der Waals surface area contributed by atoms with Crippen molar-refractivity contribution >= 4 is 17.3 Å². The molecule has 12 heteroatoms. The molecule has 0 aromatic carbocycles. The summed E-state index contributed by atoms with van der Waals surface area (Å²) in [5.74, 6) is -0.0391. The van der Waals surface area contributed by atoms with Crippen LogP contribution in [0, 0.1) is 5.41 Å². The number of halogens is 3. The first kappa shape index (κ1) is 25.4. The lowest BCUT2D eigenvalue weighted by Gasteiger charge is -2.57. The van der Waals surface area contributed by atoms with Crippen molar-refractivity contribution in [1.29, 1.82) is 0 Å². The molecule has 1 spiro atoms. The van der Waals surface area contributed by atoms with Gasteiger partial charge in [0.05, 0.1) is 36.0 Å². The van der Waals surface area contributed by atoms with Crippen molar-refractivity contribution in [3.05, 3.63) is 53.5 Å². The predicted octanol–water partition coefficient (Wildman–Crippen LogP) is 4.16. The Labute approximate surface area is 221 Å². The molecule has 6 rings (SSSR count). The van der Waals surface area contributed by atoms with Gasteiger partial charge in [-0.2, -0.15) is 18.3 Å². The van der Waals surface area contributed by atoms with Gasteiger partial charge in [0.15, 0.2) is 0 Å². The molecule has 3 aliphatic carbocycles. The van der Waals surface area contributed by atoms with Gasteiger partial charge in [-0.1, -0.05) is 0 Å². The van der Waals surface area contributed by atoms with Crippen LogP contribution in [-0.2, 0) is 0 Å². The van der Waals surface area contributed by atoms with Gasteiger partial charge >= 0.3 is 6.18 Å². The monoisotopic (exact) mass is 543 g/mol. The highest BCUT2D eigenvalue weighted by molar-refractivity contribution is 6.01. The molecule has 0 unspecified atom stereocenters. The van der Waals surface area contributed by atoms with Gasteiger partial charge in [-0.05, 0) is 68.2 Å². The van der Waals surface area contributed by atoms with E-state index in [0.29, 0.717) is 22.5 Å². The first-order valence-corrected chi connectivity index (χ1v) is 13.0. The summed E-state index contributed by atoms with van der Waals surface area (Å²) in [6.45, 7) is -0.465. The normalized spacial score (nSPS) is 24.2. The molecule has 0 radical (unpaired) electrons. The van der Waals surface area contributed by atoms with Gasteiger partial charge in [0.1, 0.15) is 17.4 Å². The maximum absolute atomic E-state index is 13.1. The zero-order valence-electron chi connectivity index (χ0n) is 21.0. The molecule has 0 saturated heterocycles. The molecule has 3 saturated carbocycles. The fourth-order valence-electron chi connectivity index (χ4n) is 5.86. The number of hydrogen-bond donors (Lipinski definition) is 2. The lowest BCUT2D eigenvalue weighted by Crippen LogP contribution is -2.58. The van der Waals surface area contributed by atoms with E-state index in [1.165, 1.54) is 6.20 Å². The van der Waals surface area contributed by atoms with Gasteiger partial charge in [-0.3, -0.25) is 9.59 Å². The van der Waals surface area contributed by atoms with Crippen molar-refractivity contribution in [1.82, 2.24) is 19.9 Å². The van der Waals surface area contributed by atoms with E-state index in [4.69, 9.17) is 15.2 Å². The molecule has 3 aromatic rings. The Bertz CT molecular complexity index is 1420. The van der Waals surface area contributed by atoms with Crippen molar-refractivity contribution in [2.45, 2.75) is 69.2 Å². The van der Waals surface area contributed by atoms with Crippen molar-refractivity contribution in [2.75, 3.05) is 6.61 Å². The van der Waals surface area contributed by atoms with Crippen LogP contribution in [0.2, 0.25) is 0 Å². The third-order valence-electron chi connectivity index (χ3n) is 7.86. The summed E-state index contributed by atoms with van der Waals surface area (Å²) in [6, 6.07) is 6.55. The molecule has 9 nitrogen and oxygen atoms in total. The number of primary amides is 1. The number of rotatable bonds is 9. The Morgan fingerprint density at radius 3 is 2.59 bits per heavy atom. The van der Waals surface area contributed by atoms with Crippen LogP contribution < -0.4 is 20.5 Å². The highest BCUT2D eigenvalue weighted by Gasteiger charge is 2.54. The molecule has 3 fully saturated rings. The van der Waals surface area contributed by atoms with Gasteiger partial charge in [0.25, 0.3) is 11.8 Å². The van der Waals surface area contributed by atoms with Gasteiger partial charge in [0.2, 0.25) is 5.88 Å². The van der Waals surface area contributed by atoms with E-state index in [0.717, 1.165) is 38.5 Å². The molecule has 0 aliphatic heterocycles. The number of amides is 2. The van der Waals surface area contributed by atoms with Gasteiger partial charge in [-0.15, -0.1) is 0 Å². The van der Waals surface area contributed by atoms with Crippen LogP contribution in [0.5, 0.6) is 11.6 Å². The number of carbonyl (C=O) groups excluding carboxylic acids is 2. The number of alkyl halides is 3. The molecule has 2 amide bonds. The number of fused-ring (bicyclic) bond motifs is 1. The summed E-state index contributed by atoms with van der Waals surface area (Å²) < 4.78 is 50.7. The zero-order chi connectivity index (χ0) is 27.4. The highest BCUT2D eigenvalue weighted by atomic mass is 19.4. The van der Waals surface area contributed by atoms with Crippen LogP contribution >= 0.6 is 0 Å². The molecule has 0 bridgehead atoms. The van der Waals surface area contributed by atoms with E-state index in [-0.39, 0.29) is 40.8 Å². The van der Waals surface area contributed by atoms with Crippen LogP contribution in [0.1, 0.15) is 77.3 Å². The molecule has 3 N–H and O–H groups in total. The second-order valence-electron chi connectivity index (χ2n) is 10.9. The Morgan fingerprint density at radius 2 is 1.90 bits per heavy atom. The second kappa shape index (κ2) is 9.42. The van der Waals surface area contributed by atoms with Gasteiger partial charge in [0, 0.05) is 18.2 Å². The summed E-state index contributed by atoms with van der Waals surface area (Å²) in [6.07, 6.45) is 2.76. The lowest BCUT2D eigenvalue weighted by molar-refractivity contribution is -0.139. The number of hydrogen-bond acceptors (Lipinski definition) is 6. The summed E-state index contributed by atoms with van der Waals surface area (Å²) in [5.41, 5.74) is 7.50. The minimum atomic E-state index is -4.29. The average molecular weight is 544 g/mol. The SMILES string of the molecule is NC(=O)c1cccnc1OC1CC2(CC(NC(=O)c3cnn4c(C5CC5)c(OCCC(F)(F)F)ccc34)C2)C1. The number of nitrogens with one attached hydrogen (secondary N) is 1. The molecule has 3 aliphatic rings. The quantitative estimate of drug-likeness (QED) is 0.418. The lowest BCUT2D eigenvalue weighted by atomic mass is 9.53. The number of nitrogens with two attached hydrogens (primary N) is 1. The Morgan fingerprint density at radius 1 is 1.13 bits per heavy atom. The largest absolute Gasteiger partial charge is 0.491 e. The summed E-state index contributed by atoms with van der Waals surface area (Å²) in [5, 5.41) is 7.48. The fourth-order valence-corrected chi connectivity index (χ4v) is 5.86. The van der Waals surface area contributed by atoms with Crippen LogP contribution in [0.4, 0.5) is 13.2 Å². The van der Waals surface area contributed by atoms with E-state index < -0.39 is 25.1 Å². The van der Waals surface area contributed by atoms with Gasteiger partial charge in [-0.25, -0.2) is 9.50 Å². The van der Waals surface area contributed by atoms with E-state index in [2.05, 4.69) is 15.4 Å². The summed E-state index contributed by atoms with van der Waals surface area (Å²) >= 11 is 0.